The molecule has 1 fully saturated rings. The fourth-order valence-corrected chi connectivity index (χ4v) is 4.03. The summed E-state index contributed by atoms with van der Waals surface area (Å²) >= 11 is 0. The van der Waals surface area contributed by atoms with Crippen LogP contribution in [0, 0.1) is 11.6 Å². The highest BCUT2D eigenvalue weighted by atomic mass is 19.1. The number of pyridine rings is 1. The number of carbonyl (C=O) groups excluding carboxylic acids is 1. The summed E-state index contributed by atoms with van der Waals surface area (Å²) in [6, 6.07) is 10.5. The molecule has 10 heteroatoms. The maximum absolute atomic E-state index is 14.4. The first-order valence-electron chi connectivity index (χ1n) is 10.7. The van der Waals surface area contributed by atoms with Crippen molar-refractivity contribution in [3.8, 4) is 28.3 Å². The van der Waals surface area contributed by atoms with Crippen LogP contribution in [0.1, 0.15) is 25.3 Å². The van der Waals surface area contributed by atoms with Gasteiger partial charge in [-0.15, -0.1) is 5.10 Å². The fourth-order valence-electron chi connectivity index (χ4n) is 4.03. The van der Waals surface area contributed by atoms with E-state index >= 15 is 0 Å². The molecule has 34 heavy (non-hydrogen) atoms. The third-order valence-electron chi connectivity index (χ3n) is 5.84. The zero-order chi connectivity index (χ0) is 23.7. The molecule has 0 atom stereocenters. The van der Waals surface area contributed by atoms with Gasteiger partial charge in [0.05, 0.1) is 18.2 Å². The van der Waals surface area contributed by atoms with Gasteiger partial charge in [-0.1, -0.05) is 12.1 Å². The van der Waals surface area contributed by atoms with Crippen molar-refractivity contribution in [3.63, 3.8) is 0 Å². The first kappa shape index (κ1) is 21.6. The number of hydrogen-bond donors (Lipinski definition) is 2. The van der Waals surface area contributed by atoms with E-state index in [0.717, 1.165) is 17.2 Å². The van der Waals surface area contributed by atoms with Crippen molar-refractivity contribution < 1.29 is 18.3 Å². The molecule has 1 aliphatic rings. The summed E-state index contributed by atoms with van der Waals surface area (Å²) in [5.41, 5.74) is 1.86. The molecule has 2 N–H and O–H groups in total. The van der Waals surface area contributed by atoms with Gasteiger partial charge in [-0.25, -0.2) is 13.9 Å². The van der Waals surface area contributed by atoms with E-state index in [1.165, 1.54) is 12.1 Å². The molecule has 1 aliphatic carbocycles. The topological polar surface area (TPSA) is 106 Å². The lowest BCUT2D eigenvalue weighted by Crippen LogP contribution is -2.28. The van der Waals surface area contributed by atoms with Crippen molar-refractivity contribution in [1.29, 1.82) is 0 Å². The molecule has 4 aromatic rings. The zero-order valence-electron chi connectivity index (χ0n) is 18.2. The Kier molecular flexibility index (Phi) is 5.48. The molecule has 1 saturated carbocycles. The molecular weight excluding hydrogens is 442 g/mol. The second-order valence-electron chi connectivity index (χ2n) is 8.01. The van der Waals surface area contributed by atoms with E-state index in [4.69, 9.17) is 4.74 Å². The number of aromatic nitrogens is 5. The van der Waals surface area contributed by atoms with E-state index in [2.05, 4.69) is 30.9 Å². The summed E-state index contributed by atoms with van der Waals surface area (Å²) in [6.07, 6.45) is 4.28. The van der Waals surface area contributed by atoms with Gasteiger partial charge in [0.1, 0.15) is 17.4 Å². The van der Waals surface area contributed by atoms with Gasteiger partial charge in [0, 0.05) is 34.6 Å². The lowest BCUT2D eigenvalue weighted by Gasteiger charge is -2.18. The number of hydrogen-bond acceptors (Lipinski definition) is 6. The normalized spacial score (nSPS) is 14.0. The average molecular weight is 462 g/mol. The Balaban J connectivity index is 1.48. The van der Waals surface area contributed by atoms with Crippen LogP contribution in [-0.2, 0) is 10.2 Å². The van der Waals surface area contributed by atoms with Crippen LogP contribution in [-0.4, -0.2) is 38.1 Å². The fraction of sp³-hybridized carbons (Fsp3) is 0.208. The molecule has 0 radical (unpaired) electrons. The Hall–Kier alpha value is -4.21. The van der Waals surface area contributed by atoms with E-state index in [1.54, 1.807) is 24.5 Å². The number of aromatic amines is 1. The number of tetrazole rings is 1. The first-order valence-corrected chi connectivity index (χ1v) is 10.7. The minimum Gasteiger partial charge on any atom is -0.492 e. The zero-order valence-corrected chi connectivity index (χ0v) is 18.2. The molecule has 0 bridgehead atoms. The van der Waals surface area contributed by atoms with Crippen LogP contribution in [0.3, 0.4) is 0 Å². The minimum absolute atomic E-state index is 0.196. The number of nitrogens with one attached hydrogen (secondary N) is 2. The van der Waals surface area contributed by atoms with Gasteiger partial charge < -0.3 is 10.1 Å². The molecule has 0 unspecified atom stereocenters. The second-order valence-corrected chi connectivity index (χ2v) is 8.01. The lowest BCUT2D eigenvalue weighted by molar-refractivity contribution is -0.118. The molecule has 0 aliphatic heterocycles. The number of amides is 1. The Morgan fingerprint density at radius 3 is 2.68 bits per heavy atom. The standard InChI is InChI=1S/C24H20F2N6O2/c1-2-34-17-9-14(12-27-13-17)18-5-4-16(11-19(18)22-29-31-32-30-22)28-23(33)24(7-8-24)20-6-3-15(25)10-21(20)26/h3-6,9-13H,2,7-8H2,1H3,(H,28,33)(H,29,30,31,32). The van der Waals surface area contributed by atoms with E-state index in [9.17, 15) is 13.6 Å². The summed E-state index contributed by atoms with van der Waals surface area (Å²) in [7, 11) is 0. The van der Waals surface area contributed by atoms with Crippen molar-refractivity contribution in [2.24, 2.45) is 0 Å². The average Bonchev–Trinajstić information content (AvgIpc) is 3.44. The van der Waals surface area contributed by atoms with Crippen LogP contribution in [0.5, 0.6) is 5.75 Å². The summed E-state index contributed by atoms with van der Waals surface area (Å²) in [4.78, 5) is 17.4. The summed E-state index contributed by atoms with van der Waals surface area (Å²) in [5, 5.41) is 16.9. The Morgan fingerprint density at radius 1 is 1.12 bits per heavy atom. The molecule has 0 saturated heterocycles. The maximum atomic E-state index is 14.4. The van der Waals surface area contributed by atoms with Crippen LogP contribution >= 0.6 is 0 Å². The van der Waals surface area contributed by atoms with Crippen molar-refractivity contribution in [2.75, 3.05) is 11.9 Å². The Labute approximate surface area is 193 Å². The third-order valence-corrected chi connectivity index (χ3v) is 5.84. The third kappa shape index (κ3) is 3.98. The molecule has 1 amide bonds. The number of anilines is 1. The maximum Gasteiger partial charge on any atom is 0.235 e. The Bertz CT molecular complexity index is 1360. The number of H-pyrrole nitrogens is 1. The first-order chi connectivity index (χ1) is 16.5. The van der Waals surface area contributed by atoms with Gasteiger partial charge >= 0.3 is 0 Å². The number of carbonyl (C=O) groups is 1. The Morgan fingerprint density at radius 2 is 1.97 bits per heavy atom. The van der Waals surface area contributed by atoms with Gasteiger partial charge in [-0.3, -0.25) is 9.78 Å². The van der Waals surface area contributed by atoms with Gasteiger partial charge in [0.2, 0.25) is 5.91 Å². The van der Waals surface area contributed by atoms with Gasteiger partial charge in [-0.05, 0) is 60.0 Å². The monoisotopic (exact) mass is 462 g/mol. The molecule has 5 rings (SSSR count). The molecule has 0 spiro atoms. The molecule has 2 heterocycles. The lowest BCUT2D eigenvalue weighted by atomic mass is 9.94. The van der Waals surface area contributed by atoms with Crippen LogP contribution in [0.15, 0.2) is 54.9 Å². The highest BCUT2D eigenvalue weighted by Gasteiger charge is 2.52. The highest BCUT2D eigenvalue weighted by Crippen LogP contribution is 2.50. The van der Waals surface area contributed by atoms with Crippen LogP contribution in [0.25, 0.3) is 22.5 Å². The van der Waals surface area contributed by atoms with Crippen molar-refractivity contribution in [3.05, 3.63) is 72.1 Å². The van der Waals surface area contributed by atoms with Crippen molar-refractivity contribution in [1.82, 2.24) is 25.6 Å². The predicted molar refractivity (Wildman–Crippen MR) is 120 cm³/mol. The van der Waals surface area contributed by atoms with Gasteiger partial charge in [-0.2, -0.15) is 0 Å². The quantitative estimate of drug-likeness (QED) is 0.425. The van der Waals surface area contributed by atoms with E-state index in [-0.39, 0.29) is 11.5 Å². The van der Waals surface area contributed by atoms with E-state index < -0.39 is 17.0 Å². The summed E-state index contributed by atoms with van der Waals surface area (Å²) < 4.78 is 33.3. The largest absolute Gasteiger partial charge is 0.492 e. The number of benzene rings is 2. The van der Waals surface area contributed by atoms with Crippen molar-refractivity contribution >= 4 is 11.6 Å². The van der Waals surface area contributed by atoms with Crippen LogP contribution in [0.2, 0.25) is 0 Å². The molecule has 2 aromatic heterocycles. The second kappa shape index (κ2) is 8.62. The molecular formula is C24H20F2N6O2. The SMILES string of the molecule is CCOc1cncc(-c2ccc(NC(=O)C3(c4ccc(F)cc4F)CC3)cc2-c2nnn[nH]2)c1. The summed E-state index contributed by atoms with van der Waals surface area (Å²) in [5.74, 6) is -0.735. The van der Waals surface area contributed by atoms with Crippen LogP contribution in [0.4, 0.5) is 14.5 Å². The number of ether oxygens (including phenoxy) is 1. The van der Waals surface area contributed by atoms with Gasteiger partial charge in [0.15, 0.2) is 5.82 Å². The van der Waals surface area contributed by atoms with E-state index in [1.807, 2.05) is 19.1 Å². The van der Waals surface area contributed by atoms with Gasteiger partial charge in [0.25, 0.3) is 0 Å². The van der Waals surface area contributed by atoms with Crippen molar-refractivity contribution in [2.45, 2.75) is 25.2 Å². The van der Waals surface area contributed by atoms with Crippen LogP contribution < -0.4 is 10.1 Å². The highest BCUT2D eigenvalue weighted by molar-refractivity contribution is 6.02. The minimum atomic E-state index is -1.01. The smallest absolute Gasteiger partial charge is 0.235 e. The molecule has 8 nitrogen and oxygen atoms in total. The molecule has 2 aromatic carbocycles. The molecule has 172 valence electrons. The van der Waals surface area contributed by atoms with E-state index in [0.29, 0.717) is 42.3 Å². The number of halogens is 2. The summed E-state index contributed by atoms with van der Waals surface area (Å²) in [6.45, 7) is 2.39. The predicted octanol–water partition coefficient (Wildman–Crippen LogP) is 4.28. The number of rotatable bonds is 7. The number of nitrogens with zero attached hydrogens (tertiary/aromatic N) is 4.